The second-order valence-electron chi connectivity index (χ2n) is 7.28. The van der Waals surface area contributed by atoms with E-state index in [0.717, 1.165) is 23.4 Å². The van der Waals surface area contributed by atoms with Gasteiger partial charge in [0.25, 0.3) is 0 Å². The van der Waals surface area contributed by atoms with E-state index in [-0.39, 0.29) is 30.1 Å². The summed E-state index contributed by atoms with van der Waals surface area (Å²) in [5.41, 5.74) is 2.82. The van der Waals surface area contributed by atoms with Crippen molar-refractivity contribution >= 4 is 29.1 Å². The first-order valence-corrected chi connectivity index (χ1v) is 8.86. The maximum absolute atomic E-state index is 12.4. The first-order chi connectivity index (χ1) is 11.9. The molecule has 25 heavy (non-hydrogen) atoms. The maximum atomic E-state index is 12.4. The van der Waals surface area contributed by atoms with Crippen LogP contribution in [0, 0.1) is 11.8 Å². The van der Waals surface area contributed by atoms with Crippen LogP contribution < -0.4 is 15.1 Å². The lowest BCUT2D eigenvalue weighted by atomic mass is 10.1. The molecular formula is C19H25N3O3. The molecule has 0 aliphatic carbocycles. The van der Waals surface area contributed by atoms with Crippen molar-refractivity contribution in [2.24, 2.45) is 11.8 Å². The van der Waals surface area contributed by atoms with E-state index >= 15 is 0 Å². The van der Waals surface area contributed by atoms with Gasteiger partial charge < -0.3 is 15.1 Å². The van der Waals surface area contributed by atoms with Crippen LogP contribution in [0.15, 0.2) is 18.2 Å². The van der Waals surface area contributed by atoms with E-state index in [9.17, 15) is 14.4 Å². The van der Waals surface area contributed by atoms with Crippen molar-refractivity contribution in [1.29, 1.82) is 0 Å². The van der Waals surface area contributed by atoms with Crippen LogP contribution in [-0.2, 0) is 20.8 Å². The van der Waals surface area contributed by atoms with Crippen LogP contribution in [0.3, 0.4) is 0 Å². The first-order valence-electron chi connectivity index (χ1n) is 8.86. The van der Waals surface area contributed by atoms with Crippen LogP contribution in [0.2, 0.25) is 0 Å². The van der Waals surface area contributed by atoms with Gasteiger partial charge in [0.2, 0.25) is 17.7 Å². The van der Waals surface area contributed by atoms with Crippen LogP contribution in [-0.4, -0.2) is 37.4 Å². The highest BCUT2D eigenvalue weighted by Crippen LogP contribution is 2.34. The molecule has 1 saturated heterocycles. The predicted molar refractivity (Wildman–Crippen MR) is 96.5 cm³/mol. The largest absolute Gasteiger partial charge is 0.356 e. The van der Waals surface area contributed by atoms with Crippen LogP contribution in [0.4, 0.5) is 11.4 Å². The second kappa shape index (κ2) is 6.86. The molecule has 0 unspecified atom stereocenters. The maximum Gasteiger partial charge on any atom is 0.227 e. The third-order valence-electron chi connectivity index (χ3n) is 4.83. The quantitative estimate of drug-likeness (QED) is 0.905. The normalized spacial score (nSPS) is 19.5. The molecule has 0 radical (unpaired) electrons. The van der Waals surface area contributed by atoms with Crippen molar-refractivity contribution in [3.05, 3.63) is 23.8 Å². The average molecular weight is 343 g/mol. The number of nitrogens with one attached hydrogen (secondary N) is 1. The molecule has 0 spiro atoms. The number of hydrogen-bond donors (Lipinski definition) is 1. The van der Waals surface area contributed by atoms with E-state index in [1.807, 2.05) is 32.0 Å². The van der Waals surface area contributed by atoms with E-state index < -0.39 is 0 Å². The Morgan fingerprint density at radius 1 is 1.32 bits per heavy atom. The number of hydrogen-bond acceptors (Lipinski definition) is 3. The number of rotatable bonds is 4. The van der Waals surface area contributed by atoms with E-state index in [2.05, 4.69) is 5.32 Å². The number of anilines is 2. The standard InChI is InChI=1S/C19H25N3O3/c1-12(2)10-20-19(25)15-9-18(24)22(11-15)16-4-5-17-14(8-16)6-7-21(17)13(3)23/h4-5,8,12,15H,6-7,9-11H2,1-3H3,(H,20,25)/t15-/m1/s1. The fourth-order valence-corrected chi connectivity index (χ4v) is 3.46. The summed E-state index contributed by atoms with van der Waals surface area (Å²) in [5.74, 6) is 0.0523. The van der Waals surface area contributed by atoms with Gasteiger partial charge in [-0.2, -0.15) is 0 Å². The Morgan fingerprint density at radius 3 is 2.76 bits per heavy atom. The van der Waals surface area contributed by atoms with Gasteiger partial charge in [-0.3, -0.25) is 14.4 Å². The molecule has 6 nitrogen and oxygen atoms in total. The molecule has 2 aliphatic heterocycles. The van der Waals surface area contributed by atoms with Gasteiger partial charge in [0, 0.05) is 44.4 Å². The zero-order valence-corrected chi connectivity index (χ0v) is 15.0. The third kappa shape index (κ3) is 3.52. The van der Waals surface area contributed by atoms with Crippen molar-refractivity contribution in [3.63, 3.8) is 0 Å². The Morgan fingerprint density at radius 2 is 2.08 bits per heavy atom. The highest BCUT2D eigenvalue weighted by Gasteiger charge is 2.35. The van der Waals surface area contributed by atoms with Crippen LogP contribution in [0.25, 0.3) is 0 Å². The van der Waals surface area contributed by atoms with Gasteiger partial charge in [0.1, 0.15) is 0 Å². The molecule has 1 aromatic carbocycles. The van der Waals surface area contributed by atoms with Gasteiger partial charge >= 0.3 is 0 Å². The smallest absolute Gasteiger partial charge is 0.227 e. The molecule has 1 atom stereocenters. The monoisotopic (exact) mass is 343 g/mol. The molecule has 3 amide bonds. The lowest BCUT2D eigenvalue weighted by Gasteiger charge is -2.19. The summed E-state index contributed by atoms with van der Waals surface area (Å²) in [4.78, 5) is 39.7. The van der Waals surface area contributed by atoms with Gasteiger partial charge in [-0.15, -0.1) is 0 Å². The number of carbonyl (C=O) groups excluding carboxylic acids is 3. The molecule has 3 rings (SSSR count). The Bertz CT molecular complexity index is 714. The zero-order valence-electron chi connectivity index (χ0n) is 15.0. The zero-order chi connectivity index (χ0) is 18.1. The Labute approximate surface area is 148 Å². The number of fused-ring (bicyclic) bond motifs is 1. The van der Waals surface area contributed by atoms with Crippen molar-refractivity contribution < 1.29 is 14.4 Å². The second-order valence-corrected chi connectivity index (χ2v) is 7.28. The van der Waals surface area contributed by atoms with Gasteiger partial charge in [-0.1, -0.05) is 13.8 Å². The Hall–Kier alpha value is -2.37. The fourth-order valence-electron chi connectivity index (χ4n) is 3.46. The highest BCUT2D eigenvalue weighted by molar-refractivity contribution is 6.01. The van der Waals surface area contributed by atoms with Crippen LogP contribution >= 0.6 is 0 Å². The topological polar surface area (TPSA) is 69.7 Å². The van der Waals surface area contributed by atoms with E-state index in [1.165, 1.54) is 0 Å². The van der Waals surface area contributed by atoms with E-state index in [1.54, 1.807) is 16.7 Å². The SMILES string of the molecule is CC(=O)N1CCc2cc(N3C[C@H](C(=O)NCC(C)C)CC3=O)ccc21. The number of carbonyl (C=O) groups is 3. The van der Waals surface area contributed by atoms with E-state index in [0.29, 0.717) is 25.6 Å². The van der Waals surface area contributed by atoms with Gasteiger partial charge in [-0.05, 0) is 36.1 Å². The molecular weight excluding hydrogens is 318 g/mol. The van der Waals surface area contributed by atoms with Crippen LogP contribution in [0.1, 0.15) is 32.8 Å². The molecule has 6 heteroatoms. The van der Waals surface area contributed by atoms with Crippen molar-refractivity contribution in [2.45, 2.75) is 33.6 Å². The minimum Gasteiger partial charge on any atom is -0.356 e. The summed E-state index contributed by atoms with van der Waals surface area (Å²) in [7, 11) is 0. The molecule has 2 aliphatic rings. The first kappa shape index (κ1) is 17.5. The molecule has 0 aromatic heterocycles. The molecule has 2 heterocycles. The van der Waals surface area contributed by atoms with Crippen molar-refractivity contribution in [2.75, 3.05) is 29.4 Å². The Balaban J connectivity index is 1.72. The molecule has 0 bridgehead atoms. The fraction of sp³-hybridized carbons (Fsp3) is 0.526. The molecule has 1 aromatic rings. The van der Waals surface area contributed by atoms with Crippen LogP contribution in [0.5, 0.6) is 0 Å². The summed E-state index contributed by atoms with van der Waals surface area (Å²) in [6.45, 7) is 7.37. The van der Waals surface area contributed by atoms with Gasteiger partial charge in [0.15, 0.2) is 0 Å². The lowest BCUT2D eigenvalue weighted by molar-refractivity contribution is -0.126. The summed E-state index contributed by atoms with van der Waals surface area (Å²) >= 11 is 0. The van der Waals surface area contributed by atoms with E-state index in [4.69, 9.17) is 0 Å². The summed E-state index contributed by atoms with van der Waals surface area (Å²) < 4.78 is 0. The molecule has 134 valence electrons. The summed E-state index contributed by atoms with van der Waals surface area (Å²) in [6.07, 6.45) is 1.05. The molecule has 0 saturated carbocycles. The average Bonchev–Trinajstić information content (AvgIpc) is 3.15. The lowest BCUT2D eigenvalue weighted by Crippen LogP contribution is -2.35. The molecule has 1 N–H and O–H groups in total. The minimum absolute atomic E-state index is 0.0222. The summed E-state index contributed by atoms with van der Waals surface area (Å²) in [6, 6.07) is 5.75. The van der Waals surface area contributed by atoms with Gasteiger partial charge in [-0.25, -0.2) is 0 Å². The predicted octanol–water partition coefficient (Wildman–Crippen LogP) is 1.72. The minimum atomic E-state index is -0.298. The van der Waals surface area contributed by atoms with Crippen molar-refractivity contribution in [3.8, 4) is 0 Å². The Kier molecular flexibility index (Phi) is 4.79. The molecule has 1 fully saturated rings. The highest BCUT2D eigenvalue weighted by atomic mass is 16.2. The van der Waals surface area contributed by atoms with Crippen molar-refractivity contribution in [1.82, 2.24) is 5.32 Å². The number of amides is 3. The number of benzene rings is 1. The third-order valence-corrected chi connectivity index (χ3v) is 4.83. The number of nitrogens with zero attached hydrogens (tertiary/aromatic N) is 2. The van der Waals surface area contributed by atoms with Gasteiger partial charge in [0.05, 0.1) is 5.92 Å². The summed E-state index contributed by atoms with van der Waals surface area (Å²) in [5, 5.41) is 2.91.